The van der Waals surface area contributed by atoms with E-state index in [2.05, 4.69) is 31.3 Å². The zero-order valence-corrected chi connectivity index (χ0v) is 15.9. The monoisotopic (exact) mass is 434 g/mol. The number of halogens is 2. The summed E-state index contributed by atoms with van der Waals surface area (Å²) in [6.45, 7) is -2.04. The molecule has 0 unspecified atom stereocenters. The number of carbonyl (C=O) groups is 1. The number of alkyl halides is 1. The van der Waals surface area contributed by atoms with Gasteiger partial charge in [-0.25, -0.2) is 18.6 Å². The molecule has 4 N–H and O–H groups in total. The zero-order valence-electron chi connectivity index (χ0n) is 18.9. The fourth-order valence-corrected chi connectivity index (χ4v) is 3.20. The van der Waals surface area contributed by atoms with Crippen LogP contribution in [0.4, 0.5) is 36.6 Å². The molecule has 5 rings (SSSR count). The number of benzene rings is 1. The Balaban J connectivity index is 1.51. The summed E-state index contributed by atoms with van der Waals surface area (Å²) in [6, 6.07) is 2.52. The molecule has 31 heavy (non-hydrogen) atoms. The summed E-state index contributed by atoms with van der Waals surface area (Å²) in [6.07, 6.45) is 0.435. The molecule has 1 fully saturated rings. The number of urea groups is 1. The molecular formula is C19H19F2N7O3. The normalized spacial score (nSPS) is 20.9. The van der Waals surface area contributed by atoms with Crippen LogP contribution in [0.1, 0.15) is 10.5 Å². The minimum atomic E-state index is -2.57. The Morgan fingerprint density at radius 2 is 2.13 bits per heavy atom. The van der Waals surface area contributed by atoms with Crippen molar-refractivity contribution in [1.29, 1.82) is 0 Å². The van der Waals surface area contributed by atoms with Gasteiger partial charge in [0.15, 0.2) is 17.1 Å². The summed E-state index contributed by atoms with van der Waals surface area (Å²) >= 11 is 0. The summed E-state index contributed by atoms with van der Waals surface area (Å²) < 4.78 is 62.1. The highest BCUT2D eigenvalue weighted by Crippen LogP contribution is 2.40. The number of fused-ring (bicyclic) bond motifs is 2. The van der Waals surface area contributed by atoms with Gasteiger partial charge in [0.05, 0.1) is 17.9 Å². The minimum Gasteiger partial charge on any atom is -0.486 e. The molecule has 0 radical (unpaired) electrons. The second-order valence-corrected chi connectivity index (χ2v) is 7.00. The van der Waals surface area contributed by atoms with Crippen LogP contribution >= 0.6 is 0 Å². The van der Waals surface area contributed by atoms with E-state index in [-0.39, 0.29) is 59.8 Å². The fourth-order valence-electron chi connectivity index (χ4n) is 3.20. The first kappa shape index (κ1) is 15.9. The number of carbonyl (C=O) groups excluding carboxylic acids is 1. The van der Waals surface area contributed by atoms with E-state index in [1.807, 2.05) is 0 Å². The number of hydrogen-bond acceptors (Lipinski definition) is 7. The smallest absolute Gasteiger partial charge is 0.319 e. The van der Waals surface area contributed by atoms with Crippen molar-refractivity contribution in [1.82, 2.24) is 19.9 Å². The van der Waals surface area contributed by atoms with Crippen LogP contribution in [0, 0.1) is 5.82 Å². The Labute approximate surface area is 179 Å². The maximum atomic E-state index is 14.1. The number of anilines is 4. The molecule has 10 nitrogen and oxygen atoms in total. The standard InChI is InChI=1S/C19H19F2N7O3/c1-22-16-7-15(24-12-4-9(20)5-14-17(12)31-3-2-30-14)27-18-13(8-23-28(16)18)26-19(29)25-11-6-10(11)21/h4-5,7-8,10-11,22H,2-3,6H2,1H3,(H,24,27)(H2,25,26,29)/t10-,11+/m0/s1/i1D3. The van der Waals surface area contributed by atoms with Crippen LogP contribution in [-0.4, -0.2) is 53.0 Å². The van der Waals surface area contributed by atoms with Crippen molar-refractivity contribution in [2.24, 2.45) is 0 Å². The van der Waals surface area contributed by atoms with Gasteiger partial charge in [-0.3, -0.25) is 0 Å². The van der Waals surface area contributed by atoms with Crippen LogP contribution in [-0.2, 0) is 0 Å². The van der Waals surface area contributed by atoms with Crippen LogP contribution in [0.3, 0.4) is 0 Å². The van der Waals surface area contributed by atoms with Gasteiger partial charge >= 0.3 is 6.03 Å². The number of hydrogen-bond donors (Lipinski definition) is 4. The Bertz CT molecular complexity index is 1270. The summed E-state index contributed by atoms with van der Waals surface area (Å²) in [5, 5.41) is 14.4. The van der Waals surface area contributed by atoms with Crippen LogP contribution in [0.5, 0.6) is 11.5 Å². The molecule has 2 atom stereocenters. The summed E-state index contributed by atoms with van der Waals surface area (Å²) in [4.78, 5) is 16.6. The van der Waals surface area contributed by atoms with Gasteiger partial charge in [-0.2, -0.15) is 9.61 Å². The lowest BCUT2D eigenvalue weighted by Crippen LogP contribution is -2.31. The van der Waals surface area contributed by atoms with Gasteiger partial charge in [0, 0.05) is 35.7 Å². The van der Waals surface area contributed by atoms with E-state index < -0.39 is 31.0 Å². The Morgan fingerprint density at radius 3 is 2.94 bits per heavy atom. The maximum Gasteiger partial charge on any atom is 0.319 e. The van der Waals surface area contributed by atoms with E-state index in [9.17, 15) is 13.6 Å². The molecule has 2 aliphatic rings. The molecular weight excluding hydrogens is 412 g/mol. The molecule has 1 saturated carbocycles. The molecule has 3 heterocycles. The van der Waals surface area contributed by atoms with Crippen LogP contribution < -0.4 is 30.7 Å². The van der Waals surface area contributed by atoms with Crippen molar-refractivity contribution in [2.45, 2.75) is 18.6 Å². The highest BCUT2D eigenvalue weighted by Gasteiger charge is 2.38. The molecule has 2 amide bonds. The van der Waals surface area contributed by atoms with Crippen molar-refractivity contribution in [3.8, 4) is 11.5 Å². The van der Waals surface area contributed by atoms with Crippen LogP contribution in [0.15, 0.2) is 24.4 Å². The predicted molar refractivity (Wildman–Crippen MR) is 109 cm³/mol. The third-order valence-corrected chi connectivity index (χ3v) is 4.75. The van der Waals surface area contributed by atoms with Crippen molar-refractivity contribution in [2.75, 3.05) is 36.1 Å². The van der Waals surface area contributed by atoms with E-state index in [1.54, 1.807) is 0 Å². The molecule has 1 aliphatic carbocycles. The molecule has 0 spiro atoms. The van der Waals surface area contributed by atoms with Gasteiger partial charge < -0.3 is 30.7 Å². The fraction of sp³-hybridized carbons (Fsp3) is 0.316. The number of nitrogens with zero attached hydrogens (tertiary/aromatic N) is 3. The predicted octanol–water partition coefficient (Wildman–Crippen LogP) is 2.66. The third kappa shape index (κ3) is 3.71. The van der Waals surface area contributed by atoms with Crippen molar-refractivity contribution in [3.63, 3.8) is 0 Å². The molecule has 1 aliphatic heterocycles. The molecule has 12 heteroatoms. The number of rotatable bonds is 5. The van der Waals surface area contributed by atoms with Gasteiger partial charge in [0.2, 0.25) is 0 Å². The van der Waals surface area contributed by atoms with Gasteiger partial charge in [0.1, 0.15) is 42.5 Å². The number of aromatic nitrogens is 3. The quantitative estimate of drug-likeness (QED) is 0.488. The lowest BCUT2D eigenvalue weighted by molar-refractivity contribution is 0.172. The van der Waals surface area contributed by atoms with Gasteiger partial charge in [-0.1, -0.05) is 0 Å². The van der Waals surface area contributed by atoms with Gasteiger partial charge in [-0.05, 0) is 0 Å². The largest absolute Gasteiger partial charge is 0.486 e. The van der Waals surface area contributed by atoms with Crippen molar-refractivity contribution < 1.29 is 27.2 Å². The Morgan fingerprint density at radius 1 is 1.29 bits per heavy atom. The maximum absolute atomic E-state index is 14.1. The minimum absolute atomic E-state index is 0.0226. The molecule has 162 valence electrons. The van der Waals surface area contributed by atoms with Crippen LogP contribution in [0.25, 0.3) is 5.65 Å². The summed E-state index contributed by atoms with van der Waals surface area (Å²) in [7, 11) is 0. The third-order valence-electron chi connectivity index (χ3n) is 4.75. The van der Waals surface area contributed by atoms with Crippen molar-refractivity contribution >= 4 is 34.7 Å². The van der Waals surface area contributed by atoms with E-state index in [1.165, 1.54) is 28.9 Å². The first-order valence-electron chi connectivity index (χ1n) is 10.9. The average molecular weight is 434 g/mol. The van der Waals surface area contributed by atoms with E-state index in [0.717, 1.165) is 0 Å². The molecule has 3 aromatic rings. The molecule has 1 aromatic carbocycles. The van der Waals surface area contributed by atoms with Gasteiger partial charge in [-0.15, -0.1) is 0 Å². The second kappa shape index (κ2) is 7.45. The summed E-state index contributed by atoms with van der Waals surface area (Å²) in [5.74, 6) is 0.0373. The molecule has 2 aromatic heterocycles. The highest BCUT2D eigenvalue weighted by atomic mass is 19.1. The molecule has 0 saturated heterocycles. The number of ether oxygens (including phenoxy) is 2. The van der Waals surface area contributed by atoms with E-state index in [4.69, 9.17) is 13.6 Å². The van der Waals surface area contributed by atoms with E-state index >= 15 is 0 Å². The molecule has 0 bridgehead atoms. The summed E-state index contributed by atoms with van der Waals surface area (Å²) in [5.41, 5.74) is 0.439. The Hall–Kier alpha value is -3.83. The van der Waals surface area contributed by atoms with Gasteiger partial charge in [0.25, 0.3) is 0 Å². The first-order chi connectivity index (χ1) is 16.2. The number of nitrogens with one attached hydrogen (secondary N) is 4. The zero-order chi connectivity index (χ0) is 24.0. The average Bonchev–Trinajstić information content (AvgIpc) is 3.28. The lowest BCUT2D eigenvalue weighted by Gasteiger charge is -2.21. The topological polar surface area (TPSA) is 114 Å². The Kier molecular flexibility index (Phi) is 3.83. The van der Waals surface area contributed by atoms with Crippen molar-refractivity contribution in [3.05, 3.63) is 30.2 Å². The van der Waals surface area contributed by atoms with E-state index in [0.29, 0.717) is 0 Å². The highest BCUT2D eigenvalue weighted by molar-refractivity contribution is 5.93. The van der Waals surface area contributed by atoms with Crippen LogP contribution in [0.2, 0.25) is 0 Å². The SMILES string of the molecule is [2H]C([2H])([2H])Nc1cc(Nc2cc(F)cc3c2OCCO3)nc2c(NC(=O)N[C@@H]3C[C@@H]3F)cnn12. The second-order valence-electron chi connectivity index (χ2n) is 7.00. The lowest BCUT2D eigenvalue weighted by atomic mass is 10.2. The first-order valence-corrected chi connectivity index (χ1v) is 9.41. The number of amides is 2.